The lowest BCUT2D eigenvalue weighted by Crippen LogP contribution is -2.25. The number of ether oxygens (including phenoxy) is 2. The number of hydrogen-bond acceptors (Lipinski definition) is 4. The molecule has 5 heteroatoms. The summed E-state index contributed by atoms with van der Waals surface area (Å²) in [5.74, 6) is 0. The van der Waals surface area contributed by atoms with Gasteiger partial charge in [-0.2, -0.15) is 0 Å². The van der Waals surface area contributed by atoms with Crippen molar-refractivity contribution in [1.82, 2.24) is 5.32 Å². The van der Waals surface area contributed by atoms with Crippen molar-refractivity contribution in [3.05, 3.63) is 19.4 Å². The van der Waals surface area contributed by atoms with E-state index < -0.39 is 0 Å². The van der Waals surface area contributed by atoms with Crippen LogP contribution in [0.5, 0.6) is 0 Å². The molecular weight excluding hydrogens is 385 g/mol. The molecule has 0 spiro atoms. The van der Waals surface area contributed by atoms with Crippen LogP contribution in [0, 0.1) is 2.88 Å². The van der Waals surface area contributed by atoms with Gasteiger partial charge in [0, 0.05) is 24.6 Å². The van der Waals surface area contributed by atoms with Gasteiger partial charge in [-0.05, 0) is 72.9 Å². The summed E-state index contributed by atoms with van der Waals surface area (Å²) in [6.45, 7) is 3.34. The maximum atomic E-state index is 5.47. The molecule has 2 rings (SSSR count). The van der Waals surface area contributed by atoms with Crippen LogP contribution in [0.3, 0.4) is 0 Å². The van der Waals surface area contributed by atoms with Gasteiger partial charge in [0.1, 0.15) is 0 Å². The standard InChI is InChI=1S/C15H24INO2S/c1-18-9-10-19-8-3-2-7-17-13-5-4-6-14-12(13)11-15(16)20-14/h11,13,17H,2-10H2,1H3. The molecule has 0 radical (unpaired) electrons. The predicted molar refractivity (Wildman–Crippen MR) is 92.6 cm³/mol. The molecule has 1 aromatic rings. The number of methoxy groups -OCH3 is 1. The molecule has 114 valence electrons. The van der Waals surface area contributed by atoms with Crippen LogP contribution < -0.4 is 5.32 Å². The number of fused-ring (bicyclic) bond motifs is 1. The van der Waals surface area contributed by atoms with Crippen molar-refractivity contribution in [2.45, 2.75) is 38.1 Å². The molecule has 1 aliphatic carbocycles. The highest BCUT2D eigenvalue weighted by molar-refractivity contribution is 14.1. The van der Waals surface area contributed by atoms with E-state index in [0.717, 1.165) is 19.6 Å². The second kappa shape index (κ2) is 9.35. The number of hydrogen-bond donors (Lipinski definition) is 1. The Kier molecular flexibility index (Phi) is 7.80. The summed E-state index contributed by atoms with van der Waals surface area (Å²) in [6.07, 6.45) is 6.18. The van der Waals surface area contributed by atoms with Gasteiger partial charge >= 0.3 is 0 Å². The minimum Gasteiger partial charge on any atom is -0.382 e. The third kappa shape index (κ3) is 5.26. The molecule has 0 saturated heterocycles. The minimum atomic E-state index is 0.577. The molecule has 1 atom stereocenters. The summed E-state index contributed by atoms with van der Waals surface area (Å²) < 4.78 is 11.8. The highest BCUT2D eigenvalue weighted by Crippen LogP contribution is 2.36. The molecule has 20 heavy (non-hydrogen) atoms. The van der Waals surface area contributed by atoms with Crippen molar-refractivity contribution in [3.63, 3.8) is 0 Å². The number of rotatable bonds is 9. The van der Waals surface area contributed by atoms with E-state index in [1.807, 2.05) is 11.3 Å². The second-order valence-corrected chi connectivity index (χ2v) is 8.17. The van der Waals surface area contributed by atoms with Crippen LogP contribution in [0.25, 0.3) is 0 Å². The fraction of sp³-hybridized carbons (Fsp3) is 0.733. The average Bonchev–Trinajstić information content (AvgIpc) is 2.83. The normalized spacial score (nSPS) is 18.2. The fourth-order valence-electron chi connectivity index (χ4n) is 2.58. The molecule has 1 unspecified atom stereocenters. The second-order valence-electron chi connectivity index (χ2n) is 5.14. The van der Waals surface area contributed by atoms with E-state index in [2.05, 4.69) is 34.0 Å². The highest BCUT2D eigenvalue weighted by Gasteiger charge is 2.21. The Hall–Kier alpha value is 0.310. The Bertz CT molecular complexity index is 397. The van der Waals surface area contributed by atoms with E-state index in [1.54, 1.807) is 17.6 Å². The summed E-state index contributed by atoms with van der Waals surface area (Å²) in [5.41, 5.74) is 1.56. The van der Waals surface area contributed by atoms with Crippen LogP contribution in [0.4, 0.5) is 0 Å². The first kappa shape index (κ1) is 16.7. The lowest BCUT2D eigenvalue weighted by Gasteiger charge is -2.23. The van der Waals surface area contributed by atoms with Gasteiger partial charge in [0.05, 0.1) is 16.1 Å². The van der Waals surface area contributed by atoms with Crippen molar-refractivity contribution >= 4 is 33.9 Å². The molecule has 0 aromatic carbocycles. The number of unbranched alkanes of at least 4 members (excludes halogenated alkanes) is 1. The molecular formula is C15H24INO2S. The van der Waals surface area contributed by atoms with Crippen molar-refractivity contribution in [1.29, 1.82) is 0 Å². The topological polar surface area (TPSA) is 30.5 Å². The van der Waals surface area contributed by atoms with Gasteiger partial charge < -0.3 is 14.8 Å². The Morgan fingerprint density at radius 1 is 1.35 bits per heavy atom. The van der Waals surface area contributed by atoms with Crippen LogP contribution in [0.15, 0.2) is 6.07 Å². The van der Waals surface area contributed by atoms with E-state index in [-0.39, 0.29) is 0 Å². The van der Waals surface area contributed by atoms with Crippen molar-refractivity contribution < 1.29 is 9.47 Å². The quantitative estimate of drug-likeness (QED) is 0.498. The molecule has 0 aliphatic heterocycles. The first-order valence-corrected chi connectivity index (χ1v) is 9.29. The van der Waals surface area contributed by atoms with Gasteiger partial charge in [-0.15, -0.1) is 11.3 Å². The van der Waals surface area contributed by atoms with Crippen LogP contribution in [-0.4, -0.2) is 33.5 Å². The zero-order valence-corrected chi connectivity index (χ0v) is 15.1. The Morgan fingerprint density at radius 2 is 2.25 bits per heavy atom. The summed E-state index contributed by atoms with van der Waals surface area (Å²) in [7, 11) is 1.71. The van der Waals surface area contributed by atoms with Gasteiger partial charge in [-0.3, -0.25) is 0 Å². The third-order valence-electron chi connectivity index (χ3n) is 3.62. The van der Waals surface area contributed by atoms with E-state index in [4.69, 9.17) is 9.47 Å². The fourth-order valence-corrected chi connectivity index (χ4v) is 4.70. The molecule has 1 aromatic heterocycles. The molecule has 0 fully saturated rings. The minimum absolute atomic E-state index is 0.577. The van der Waals surface area contributed by atoms with Gasteiger partial charge in [-0.1, -0.05) is 0 Å². The molecule has 1 heterocycles. The van der Waals surface area contributed by atoms with Crippen molar-refractivity contribution in [3.8, 4) is 0 Å². The van der Waals surface area contributed by atoms with Crippen molar-refractivity contribution in [2.24, 2.45) is 0 Å². The van der Waals surface area contributed by atoms with E-state index in [9.17, 15) is 0 Å². The number of aryl methyl sites for hydroxylation is 1. The molecule has 3 nitrogen and oxygen atoms in total. The zero-order valence-electron chi connectivity index (χ0n) is 12.1. The summed E-state index contributed by atoms with van der Waals surface area (Å²) >= 11 is 4.41. The van der Waals surface area contributed by atoms with Crippen LogP contribution in [0.2, 0.25) is 0 Å². The Balaban J connectivity index is 1.61. The maximum absolute atomic E-state index is 5.47. The smallest absolute Gasteiger partial charge is 0.0700 e. The molecule has 0 bridgehead atoms. The van der Waals surface area contributed by atoms with E-state index in [0.29, 0.717) is 19.3 Å². The van der Waals surface area contributed by atoms with Gasteiger partial charge in [0.25, 0.3) is 0 Å². The Morgan fingerprint density at radius 3 is 3.10 bits per heavy atom. The molecule has 0 saturated carbocycles. The predicted octanol–water partition coefficient (Wildman–Crippen LogP) is 3.76. The first-order valence-electron chi connectivity index (χ1n) is 7.39. The summed E-state index contributed by atoms with van der Waals surface area (Å²) in [4.78, 5) is 1.60. The van der Waals surface area contributed by atoms with Crippen molar-refractivity contribution in [2.75, 3.05) is 33.5 Å². The SMILES string of the molecule is COCCOCCCCNC1CCCc2sc(I)cc21. The summed E-state index contributed by atoms with van der Waals surface area (Å²) in [6, 6.07) is 2.94. The van der Waals surface area contributed by atoms with Crippen LogP contribution >= 0.6 is 33.9 Å². The third-order valence-corrected chi connectivity index (χ3v) is 5.59. The van der Waals surface area contributed by atoms with Crippen LogP contribution in [-0.2, 0) is 15.9 Å². The lowest BCUT2D eigenvalue weighted by atomic mass is 9.94. The maximum Gasteiger partial charge on any atom is 0.0700 e. The van der Waals surface area contributed by atoms with E-state index >= 15 is 0 Å². The van der Waals surface area contributed by atoms with Gasteiger partial charge in [0.2, 0.25) is 0 Å². The average molecular weight is 409 g/mol. The summed E-state index contributed by atoms with van der Waals surface area (Å²) in [5, 5.41) is 3.72. The largest absolute Gasteiger partial charge is 0.382 e. The molecule has 0 amide bonds. The lowest BCUT2D eigenvalue weighted by molar-refractivity contribution is 0.0687. The van der Waals surface area contributed by atoms with E-state index in [1.165, 1.54) is 28.6 Å². The zero-order chi connectivity index (χ0) is 14.2. The highest BCUT2D eigenvalue weighted by atomic mass is 127. The molecule has 1 aliphatic rings. The van der Waals surface area contributed by atoms with Crippen LogP contribution in [0.1, 0.15) is 42.2 Å². The first-order chi connectivity index (χ1) is 9.81. The number of halogens is 1. The monoisotopic (exact) mass is 409 g/mol. The van der Waals surface area contributed by atoms with Gasteiger partial charge in [-0.25, -0.2) is 0 Å². The number of thiophene rings is 1. The number of nitrogens with one attached hydrogen (secondary N) is 1. The Labute approximate surface area is 139 Å². The van der Waals surface area contributed by atoms with Gasteiger partial charge in [0.15, 0.2) is 0 Å². The molecule has 1 N–H and O–H groups in total.